The van der Waals surface area contributed by atoms with Crippen LogP contribution in [0, 0.1) is 22.7 Å². The third-order valence-corrected chi connectivity index (χ3v) is 3.26. The molecule has 0 bridgehead atoms. The summed E-state index contributed by atoms with van der Waals surface area (Å²) in [6, 6.07) is 1.34. The van der Waals surface area contributed by atoms with Gasteiger partial charge in [0, 0.05) is 0 Å². The number of esters is 1. The lowest BCUT2D eigenvalue weighted by Crippen LogP contribution is -2.50. The summed E-state index contributed by atoms with van der Waals surface area (Å²) in [7, 11) is 1.28. The van der Waals surface area contributed by atoms with Crippen molar-refractivity contribution in [2.45, 2.75) is 46.6 Å². The van der Waals surface area contributed by atoms with Crippen molar-refractivity contribution in [2.75, 3.05) is 7.11 Å². The lowest BCUT2D eigenvalue weighted by Gasteiger charge is -2.27. The molecule has 5 heteroatoms. The van der Waals surface area contributed by atoms with Crippen LogP contribution in [0.25, 0.3) is 0 Å². The van der Waals surface area contributed by atoms with Crippen molar-refractivity contribution in [1.29, 1.82) is 5.26 Å². The van der Waals surface area contributed by atoms with Crippen molar-refractivity contribution in [2.24, 2.45) is 11.3 Å². The lowest BCUT2D eigenvalue weighted by atomic mass is 9.82. The van der Waals surface area contributed by atoms with Crippen LogP contribution < -0.4 is 5.32 Å². The summed E-state index contributed by atoms with van der Waals surface area (Å²) in [6.45, 7) is 7.20. The van der Waals surface area contributed by atoms with Gasteiger partial charge in [0.15, 0.2) is 0 Å². The molecule has 1 atom stereocenters. The molecule has 0 aliphatic heterocycles. The minimum Gasteiger partial charge on any atom is -0.467 e. The molecule has 0 aliphatic carbocycles. The number of methoxy groups -OCH3 is 1. The molecule has 18 heavy (non-hydrogen) atoms. The molecule has 5 nitrogen and oxygen atoms in total. The van der Waals surface area contributed by atoms with E-state index in [2.05, 4.69) is 16.1 Å². The molecule has 0 aromatic heterocycles. The van der Waals surface area contributed by atoms with Crippen molar-refractivity contribution in [1.82, 2.24) is 5.32 Å². The van der Waals surface area contributed by atoms with Crippen molar-refractivity contribution in [3.63, 3.8) is 0 Å². The second kappa shape index (κ2) is 7.00. The number of hydrogen-bond donors (Lipinski definition) is 1. The Morgan fingerprint density at radius 3 is 2.11 bits per heavy atom. The van der Waals surface area contributed by atoms with Gasteiger partial charge < -0.3 is 10.1 Å². The molecule has 0 aliphatic rings. The minimum atomic E-state index is -1.07. The van der Waals surface area contributed by atoms with E-state index in [-0.39, 0.29) is 5.92 Å². The molecule has 0 fully saturated rings. The zero-order valence-electron chi connectivity index (χ0n) is 11.7. The Labute approximate surface area is 108 Å². The summed E-state index contributed by atoms with van der Waals surface area (Å²) >= 11 is 0. The van der Waals surface area contributed by atoms with Gasteiger partial charge in [-0.25, -0.2) is 4.79 Å². The molecule has 0 aromatic carbocycles. The van der Waals surface area contributed by atoms with Crippen LogP contribution in [0.3, 0.4) is 0 Å². The SMILES string of the molecule is CCC(C#N)(CC)C(=O)NC(C(=O)OC)C(C)C. The number of nitrogens with zero attached hydrogens (tertiary/aromatic N) is 1. The average molecular weight is 254 g/mol. The van der Waals surface area contributed by atoms with E-state index in [1.54, 1.807) is 13.8 Å². The van der Waals surface area contributed by atoms with E-state index < -0.39 is 23.3 Å². The smallest absolute Gasteiger partial charge is 0.328 e. The molecule has 0 spiro atoms. The molecule has 1 N–H and O–H groups in total. The first-order valence-electron chi connectivity index (χ1n) is 6.18. The molecule has 0 heterocycles. The van der Waals surface area contributed by atoms with Gasteiger partial charge in [-0.15, -0.1) is 0 Å². The van der Waals surface area contributed by atoms with Crippen LogP contribution in [-0.4, -0.2) is 25.0 Å². The predicted molar refractivity (Wildman–Crippen MR) is 67.4 cm³/mol. The monoisotopic (exact) mass is 254 g/mol. The third-order valence-electron chi connectivity index (χ3n) is 3.26. The van der Waals surface area contributed by atoms with Gasteiger partial charge in [0.1, 0.15) is 11.5 Å². The van der Waals surface area contributed by atoms with Gasteiger partial charge in [0.05, 0.1) is 13.2 Å². The molecule has 0 aromatic rings. The Hall–Kier alpha value is -1.57. The van der Waals surface area contributed by atoms with E-state index in [0.717, 1.165) is 0 Å². The minimum absolute atomic E-state index is 0.0912. The van der Waals surface area contributed by atoms with Gasteiger partial charge in [-0.3, -0.25) is 4.79 Å². The zero-order chi connectivity index (χ0) is 14.3. The number of rotatable bonds is 6. The maximum atomic E-state index is 12.2. The second-order valence-electron chi connectivity index (χ2n) is 4.62. The summed E-state index contributed by atoms with van der Waals surface area (Å²) in [6.07, 6.45) is 0.829. The fourth-order valence-corrected chi connectivity index (χ4v) is 1.68. The number of hydrogen-bond acceptors (Lipinski definition) is 4. The van der Waals surface area contributed by atoms with Gasteiger partial charge in [-0.05, 0) is 18.8 Å². The van der Waals surface area contributed by atoms with E-state index in [9.17, 15) is 9.59 Å². The first kappa shape index (κ1) is 16.4. The van der Waals surface area contributed by atoms with Crippen molar-refractivity contribution in [3.8, 4) is 6.07 Å². The van der Waals surface area contributed by atoms with E-state index in [1.165, 1.54) is 7.11 Å². The van der Waals surface area contributed by atoms with Crippen LogP contribution >= 0.6 is 0 Å². The molecular formula is C13H22N2O3. The Kier molecular flexibility index (Phi) is 6.39. The fourth-order valence-electron chi connectivity index (χ4n) is 1.68. The van der Waals surface area contributed by atoms with E-state index >= 15 is 0 Å². The highest BCUT2D eigenvalue weighted by Gasteiger charge is 2.38. The highest BCUT2D eigenvalue weighted by atomic mass is 16.5. The summed E-state index contributed by atoms with van der Waals surface area (Å²) in [5.41, 5.74) is -1.07. The highest BCUT2D eigenvalue weighted by Crippen LogP contribution is 2.26. The molecule has 1 unspecified atom stereocenters. The van der Waals surface area contributed by atoms with Gasteiger partial charge in [-0.1, -0.05) is 27.7 Å². The quantitative estimate of drug-likeness (QED) is 0.731. The largest absolute Gasteiger partial charge is 0.467 e. The lowest BCUT2D eigenvalue weighted by molar-refractivity contribution is -0.147. The second-order valence-corrected chi connectivity index (χ2v) is 4.62. The normalized spacial score (nSPS) is 12.7. The van der Waals surface area contributed by atoms with Crippen molar-refractivity contribution >= 4 is 11.9 Å². The molecular weight excluding hydrogens is 232 g/mol. The van der Waals surface area contributed by atoms with Crippen LogP contribution in [0.4, 0.5) is 0 Å². The third kappa shape index (κ3) is 3.46. The van der Waals surface area contributed by atoms with E-state index in [1.807, 2.05) is 13.8 Å². The number of nitrogens with one attached hydrogen (secondary N) is 1. The van der Waals surface area contributed by atoms with E-state index in [4.69, 9.17) is 5.26 Å². The van der Waals surface area contributed by atoms with Crippen LogP contribution in [0.15, 0.2) is 0 Å². The summed E-state index contributed by atoms with van der Waals surface area (Å²) in [4.78, 5) is 23.7. The Morgan fingerprint density at radius 1 is 1.33 bits per heavy atom. The molecule has 0 radical (unpaired) electrons. The van der Waals surface area contributed by atoms with Gasteiger partial charge >= 0.3 is 5.97 Å². The Morgan fingerprint density at radius 2 is 1.83 bits per heavy atom. The molecule has 102 valence electrons. The number of carbonyl (C=O) groups is 2. The first-order valence-corrected chi connectivity index (χ1v) is 6.18. The van der Waals surface area contributed by atoms with Crippen molar-refractivity contribution < 1.29 is 14.3 Å². The Bertz CT molecular complexity index is 341. The zero-order valence-corrected chi connectivity index (χ0v) is 11.7. The van der Waals surface area contributed by atoms with Crippen LogP contribution in [-0.2, 0) is 14.3 Å². The molecule has 0 saturated heterocycles. The highest BCUT2D eigenvalue weighted by molar-refractivity contribution is 5.89. The van der Waals surface area contributed by atoms with Crippen LogP contribution in [0.5, 0.6) is 0 Å². The molecule has 1 amide bonds. The molecule has 0 saturated carbocycles. The van der Waals surface area contributed by atoms with Crippen LogP contribution in [0.1, 0.15) is 40.5 Å². The number of amides is 1. The van der Waals surface area contributed by atoms with Gasteiger partial charge in [-0.2, -0.15) is 5.26 Å². The summed E-state index contributed by atoms with van der Waals surface area (Å²) in [5.74, 6) is -0.983. The fraction of sp³-hybridized carbons (Fsp3) is 0.769. The average Bonchev–Trinajstić information content (AvgIpc) is 2.37. The topological polar surface area (TPSA) is 79.2 Å². The number of ether oxygens (including phenoxy) is 1. The molecule has 0 rings (SSSR count). The Balaban J connectivity index is 5.01. The summed E-state index contributed by atoms with van der Waals surface area (Å²) in [5, 5.41) is 11.8. The maximum Gasteiger partial charge on any atom is 0.328 e. The summed E-state index contributed by atoms with van der Waals surface area (Å²) < 4.78 is 4.65. The predicted octanol–water partition coefficient (Wildman–Crippen LogP) is 1.63. The van der Waals surface area contributed by atoms with Gasteiger partial charge in [0.25, 0.3) is 0 Å². The van der Waals surface area contributed by atoms with E-state index in [0.29, 0.717) is 12.8 Å². The van der Waals surface area contributed by atoms with Crippen LogP contribution in [0.2, 0.25) is 0 Å². The van der Waals surface area contributed by atoms with Gasteiger partial charge in [0.2, 0.25) is 5.91 Å². The first-order chi connectivity index (χ1) is 8.38. The van der Waals surface area contributed by atoms with Crippen molar-refractivity contribution in [3.05, 3.63) is 0 Å². The number of nitriles is 1. The standard InChI is InChI=1S/C13H22N2O3/c1-6-13(7-2,8-14)12(17)15-10(9(3)4)11(16)18-5/h9-10H,6-7H2,1-5H3,(H,15,17). The number of carbonyl (C=O) groups excluding carboxylic acids is 2. The maximum absolute atomic E-state index is 12.2.